The Morgan fingerprint density at radius 3 is 2.94 bits per heavy atom. The smallest absolute Gasteiger partial charge is 0.228 e. The second kappa shape index (κ2) is 4.59. The number of nitrogens with one attached hydrogen (secondary N) is 1. The molecule has 0 radical (unpaired) electrons. The second-order valence-electron chi connectivity index (χ2n) is 4.01. The van der Waals surface area contributed by atoms with Gasteiger partial charge in [-0.3, -0.25) is 0 Å². The maximum absolute atomic E-state index is 10.2. The predicted octanol–water partition coefficient (Wildman–Crippen LogP) is 0.0590. The van der Waals surface area contributed by atoms with Crippen molar-refractivity contribution in [2.75, 3.05) is 24.2 Å². The molecule has 0 aromatic carbocycles. The van der Waals surface area contributed by atoms with Gasteiger partial charge in [-0.25, -0.2) is 0 Å². The second-order valence-corrected chi connectivity index (χ2v) is 4.34. The lowest BCUT2D eigenvalue weighted by molar-refractivity contribution is -0.0176. The van der Waals surface area contributed by atoms with Crippen LogP contribution in [0.2, 0.25) is 5.28 Å². The fourth-order valence-corrected chi connectivity index (χ4v) is 1.85. The molecule has 4 N–H and O–H groups in total. The van der Waals surface area contributed by atoms with E-state index >= 15 is 0 Å². The Morgan fingerprint density at radius 1 is 1.59 bits per heavy atom. The van der Waals surface area contributed by atoms with Gasteiger partial charge < -0.3 is 20.9 Å². The van der Waals surface area contributed by atoms with Gasteiger partial charge in [0.05, 0.1) is 6.10 Å². The number of anilines is 2. The largest absolute Gasteiger partial charge is 0.385 e. The molecule has 2 atom stereocenters. The van der Waals surface area contributed by atoms with Gasteiger partial charge in [0, 0.05) is 19.6 Å². The van der Waals surface area contributed by atoms with Crippen LogP contribution < -0.4 is 11.1 Å². The molecule has 0 bridgehead atoms. The molecule has 2 heterocycles. The minimum absolute atomic E-state index is 0.0164. The van der Waals surface area contributed by atoms with Gasteiger partial charge >= 0.3 is 0 Å². The van der Waals surface area contributed by atoms with Gasteiger partial charge in [-0.1, -0.05) is 0 Å². The Bertz CT molecular complexity index is 398. The number of nitrogens with zero attached hydrogens (tertiary/aromatic N) is 3. The van der Waals surface area contributed by atoms with Crippen LogP contribution in [0.15, 0.2) is 0 Å². The molecule has 1 aliphatic rings. The van der Waals surface area contributed by atoms with E-state index in [0.29, 0.717) is 13.0 Å². The van der Waals surface area contributed by atoms with Crippen LogP contribution in [0.3, 0.4) is 0 Å². The molecular weight excluding hydrogens is 246 g/mol. The van der Waals surface area contributed by atoms with Gasteiger partial charge in [-0.05, 0) is 18.5 Å². The molecular formula is C9H14ClN5O2. The third-order valence-electron chi connectivity index (χ3n) is 2.84. The quantitative estimate of drug-likeness (QED) is 0.705. The molecule has 0 spiro atoms. The van der Waals surface area contributed by atoms with Gasteiger partial charge in [0.2, 0.25) is 17.2 Å². The van der Waals surface area contributed by atoms with Crippen molar-refractivity contribution < 1.29 is 9.84 Å². The first-order valence-electron chi connectivity index (χ1n) is 5.24. The van der Waals surface area contributed by atoms with E-state index in [4.69, 9.17) is 22.1 Å². The van der Waals surface area contributed by atoms with E-state index in [1.54, 1.807) is 0 Å². The summed E-state index contributed by atoms with van der Waals surface area (Å²) in [4.78, 5) is 11.4. The number of rotatable bonds is 3. The third-order valence-corrected chi connectivity index (χ3v) is 3.01. The zero-order valence-corrected chi connectivity index (χ0v) is 10.1. The first kappa shape index (κ1) is 12.3. The van der Waals surface area contributed by atoms with E-state index < -0.39 is 5.60 Å². The van der Waals surface area contributed by atoms with Crippen LogP contribution >= 0.6 is 11.6 Å². The van der Waals surface area contributed by atoms with Crippen molar-refractivity contribution in [2.24, 2.45) is 0 Å². The average molecular weight is 260 g/mol. The number of nitrogens with two attached hydrogens (primary N) is 1. The van der Waals surface area contributed by atoms with Crippen molar-refractivity contribution in [1.29, 1.82) is 0 Å². The first-order chi connectivity index (χ1) is 7.99. The molecule has 2 rings (SSSR count). The Morgan fingerprint density at radius 2 is 2.35 bits per heavy atom. The lowest BCUT2D eigenvalue weighted by Gasteiger charge is -2.26. The minimum Gasteiger partial charge on any atom is -0.385 e. The van der Waals surface area contributed by atoms with Crippen molar-refractivity contribution in [2.45, 2.75) is 25.0 Å². The number of aromatic nitrogens is 3. The molecule has 1 aromatic heterocycles. The lowest BCUT2D eigenvalue weighted by Crippen LogP contribution is -2.43. The van der Waals surface area contributed by atoms with Gasteiger partial charge in [0.1, 0.15) is 5.60 Å². The summed E-state index contributed by atoms with van der Waals surface area (Å²) in [5, 5.41) is 13.1. The number of aliphatic hydroxyl groups is 1. The van der Waals surface area contributed by atoms with Crippen LogP contribution in [0.1, 0.15) is 13.3 Å². The maximum atomic E-state index is 10.2. The average Bonchev–Trinajstić information content (AvgIpc) is 2.56. The molecule has 0 amide bonds. The molecule has 1 saturated heterocycles. The van der Waals surface area contributed by atoms with Gasteiger partial charge in [-0.15, -0.1) is 0 Å². The predicted molar refractivity (Wildman–Crippen MR) is 62.7 cm³/mol. The van der Waals surface area contributed by atoms with Crippen molar-refractivity contribution in [3.63, 3.8) is 0 Å². The van der Waals surface area contributed by atoms with E-state index in [1.165, 1.54) is 0 Å². The minimum atomic E-state index is -0.923. The highest BCUT2D eigenvalue weighted by atomic mass is 35.5. The standard InChI is InChI=1S/C9H14ClN5O2/c1-5-9(16,2-3-17-5)4-12-8-14-6(10)13-7(11)15-8/h5,16H,2-4H2,1H3,(H3,11,12,13,14,15). The Labute approximate surface area is 103 Å². The van der Waals surface area contributed by atoms with Gasteiger partial charge in [0.15, 0.2) is 0 Å². The van der Waals surface area contributed by atoms with Crippen molar-refractivity contribution in [3.05, 3.63) is 5.28 Å². The van der Waals surface area contributed by atoms with E-state index in [-0.39, 0.29) is 29.8 Å². The number of hydrogen-bond acceptors (Lipinski definition) is 7. The Hall–Kier alpha value is -1.18. The topological polar surface area (TPSA) is 106 Å². The summed E-state index contributed by atoms with van der Waals surface area (Å²) in [6, 6.07) is 0. The maximum Gasteiger partial charge on any atom is 0.228 e. The summed E-state index contributed by atoms with van der Waals surface area (Å²) in [6.45, 7) is 2.64. The van der Waals surface area contributed by atoms with Crippen molar-refractivity contribution in [1.82, 2.24) is 15.0 Å². The highest BCUT2D eigenvalue weighted by molar-refractivity contribution is 6.28. The van der Waals surface area contributed by atoms with E-state index in [1.807, 2.05) is 6.92 Å². The molecule has 2 unspecified atom stereocenters. The number of hydrogen-bond donors (Lipinski definition) is 3. The molecule has 0 aliphatic carbocycles. The van der Waals surface area contributed by atoms with Crippen LogP contribution in [0.5, 0.6) is 0 Å². The molecule has 17 heavy (non-hydrogen) atoms. The Balaban J connectivity index is 2.02. The summed E-state index contributed by atoms with van der Waals surface area (Å²) in [5.41, 5.74) is 4.51. The highest BCUT2D eigenvalue weighted by Gasteiger charge is 2.39. The van der Waals surface area contributed by atoms with E-state index in [2.05, 4.69) is 20.3 Å². The van der Waals surface area contributed by atoms with Crippen LogP contribution in [0.4, 0.5) is 11.9 Å². The number of halogens is 1. The van der Waals surface area contributed by atoms with Crippen LogP contribution in [0, 0.1) is 0 Å². The Kier molecular flexibility index (Phi) is 3.32. The summed E-state index contributed by atoms with van der Waals surface area (Å²) in [7, 11) is 0. The summed E-state index contributed by atoms with van der Waals surface area (Å²) < 4.78 is 5.31. The lowest BCUT2D eigenvalue weighted by atomic mass is 9.97. The SMILES string of the molecule is CC1OCCC1(O)CNc1nc(N)nc(Cl)n1. The third kappa shape index (κ3) is 2.74. The van der Waals surface area contributed by atoms with Crippen LogP contribution in [-0.4, -0.2) is 44.9 Å². The van der Waals surface area contributed by atoms with Crippen LogP contribution in [-0.2, 0) is 4.74 Å². The highest BCUT2D eigenvalue weighted by Crippen LogP contribution is 2.25. The fraction of sp³-hybridized carbons (Fsp3) is 0.667. The molecule has 94 valence electrons. The molecule has 1 aromatic rings. The zero-order valence-electron chi connectivity index (χ0n) is 9.35. The number of ether oxygens (including phenoxy) is 1. The monoisotopic (exact) mass is 259 g/mol. The van der Waals surface area contributed by atoms with E-state index in [9.17, 15) is 5.11 Å². The molecule has 7 nitrogen and oxygen atoms in total. The summed E-state index contributed by atoms with van der Waals surface area (Å²) in [5.74, 6) is 0.283. The zero-order chi connectivity index (χ0) is 12.5. The van der Waals surface area contributed by atoms with Crippen LogP contribution in [0.25, 0.3) is 0 Å². The van der Waals surface area contributed by atoms with Gasteiger partial charge in [0.25, 0.3) is 0 Å². The van der Waals surface area contributed by atoms with Gasteiger partial charge in [-0.2, -0.15) is 15.0 Å². The molecule has 8 heteroatoms. The molecule has 1 aliphatic heterocycles. The van der Waals surface area contributed by atoms with Crippen molar-refractivity contribution >= 4 is 23.5 Å². The summed E-state index contributed by atoms with van der Waals surface area (Å²) in [6.07, 6.45) is 0.333. The van der Waals surface area contributed by atoms with E-state index in [0.717, 1.165) is 0 Å². The first-order valence-corrected chi connectivity index (χ1v) is 5.62. The normalized spacial score (nSPS) is 28.3. The molecule has 0 saturated carbocycles. The number of nitrogen functional groups attached to an aromatic ring is 1. The van der Waals surface area contributed by atoms with Crippen molar-refractivity contribution in [3.8, 4) is 0 Å². The summed E-state index contributed by atoms with van der Waals surface area (Å²) >= 11 is 5.64. The fourth-order valence-electron chi connectivity index (χ4n) is 1.68. The molecule has 1 fully saturated rings.